The van der Waals surface area contributed by atoms with Crippen LogP contribution in [0.1, 0.15) is 41.3 Å². The minimum absolute atomic E-state index is 0.167. The van der Waals surface area contributed by atoms with E-state index in [4.69, 9.17) is 4.74 Å². The number of ether oxygens (including phenoxy) is 1. The molecule has 0 saturated heterocycles. The van der Waals surface area contributed by atoms with Gasteiger partial charge in [0.25, 0.3) is 11.8 Å². The first-order valence-electron chi connectivity index (χ1n) is 9.40. The Morgan fingerprint density at radius 2 is 1.69 bits per heavy atom. The second-order valence-electron chi connectivity index (χ2n) is 6.82. The third-order valence-corrected chi connectivity index (χ3v) is 4.26. The highest BCUT2D eigenvalue weighted by atomic mass is 19.1. The summed E-state index contributed by atoms with van der Waals surface area (Å²) in [5.41, 5.74) is 2.19. The zero-order valence-electron chi connectivity index (χ0n) is 16.5. The minimum Gasteiger partial charge on any atom is -0.454 e. The van der Waals surface area contributed by atoms with Gasteiger partial charge < -0.3 is 15.4 Å². The first-order chi connectivity index (χ1) is 13.9. The van der Waals surface area contributed by atoms with Gasteiger partial charge in [0.2, 0.25) is 0 Å². The maximum Gasteiger partial charge on any atom is 0.325 e. The van der Waals surface area contributed by atoms with Crippen LogP contribution in [0, 0.1) is 5.82 Å². The van der Waals surface area contributed by atoms with Gasteiger partial charge in [-0.25, -0.2) is 4.39 Å². The lowest BCUT2D eigenvalue weighted by Crippen LogP contribution is -2.34. The molecule has 2 N–H and O–H groups in total. The number of nitrogens with one attached hydrogen (secondary N) is 2. The van der Waals surface area contributed by atoms with Gasteiger partial charge >= 0.3 is 5.97 Å². The molecule has 2 aromatic rings. The normalized spacial score (nSPS) is 10.5. The summed E-state index contributed by atoms with van der Waals surface area (Å²) in [5, 5.41) is 4.92. The van der Waals surface area contributed by atoms with E-state index in [-0.39, 0.29) is 5.56 Å². The Balaban J connectivity index is 1.63. The highest BCUT2D eigenvalue weighted by molar-refractivity contribution is 5.96. The van der Waals surface area contributed by atoms with Gasteiger partial charge in [-0.15, -0.1) is 0 Å². The number of rotatable bonds is 9. The molecule has 0 heterocycles. The summed E-state index contributed by atoms with van der Waals surface area (Å²) in [5.74, 6) is -2.16. The van der Waals surface area contributed by atoms with Gasteiger partial charge in [0.15, 0.2) is 6.61 Å². The standard InChI is InChI=1S/C22H25FN2O4/c1-15(2)17-9-7-16(8-10-17)11-12-24-20(26)14-29-21(27)13-25-22(28)18-5-3-4-6-19(18)23/h3-10,15H,11-14H2,1-2H3,(H,24,26)(H,25,28). The Hall–Kier alpha value is -3.22. The van der Waals surface area contributed by atoms with E-state index in [0.29, 0.717) is 18.9 Å². The van der Waals surface area contributed by atoms with E-state index in [1.807, 2.05) is 12.1 Å². The van der Waals surface area contributed by atoms with Crippen LogP contribution in [0.15, 0.2) is 48.5 Å². The lowest BCUT2D eigenvalue weighted by Gasteiger charge is -2.09. The average molecular weight is 400 g/mol. The third-order valence-electron chi connectivity index (χ3n) is 4.26. The van der Waals surface area contributed by atoms with Crippen LogP contribution in [0.3, 0.4) is 0 Å². The summed E-state index contributed by atoms with van der Waals surface area (Å²) >= 11 is 0. The van der Waals surface area contributed by atoms with Gasteiger partial charge in [-0.2, -0.15) is 0 Å². The van der Waals surface area contributed by atoms with Crippen LogP contribution < -0.4 is 10.6 Å². The van der Waals surface area contributed by atoms with Crippen molar-refractivity contribution in [2.24, 2.45) is 0 Å². The van der Waals surface area contributed by atoms with Crippen LogP contribution in [-0.2, 0) is 20.7 Å². The molecule has 29 heavy (non-hydrogen) atoms. The van der Waals surface area contributed by atoms with Gasteiger partial charge in [0.05, 0.1) is 5.56 Å². The Morgan fingerprint density at radius 1 is 1.00 bits per heavy atom. The predicted molar refractivity (Wildman–Crippen MR) is 107 cm³/mol. The molecule has 0 aliphatic carbocycles. The SMILES string of the molecule is CC(C)c1ccc(CCNC(=O)COC(=O)CNC(=O)c2ccccc2F)cc1. The second-order valence-corrected chi connectivity index (χ2v) is 6.82. The fraction of sp³-hybridized carbons (Fsp3) is 0.318. The van der Waals surface area contributed by atoms with Gasteiger partial charge in [-0.1, -0.05) is 50.2 Å². The quantitative estimate of drug-likeness (QED) is 0.634. The van der Waals surface area contributed by atoms with E-state index in [1.165, 1.54) is 23.8 Å². The predicted octanol–water partition coefficient (Wildman–Crippen LogP) is 2.58. The van der Waals surface area contributed by atoms with E-state index in [1.54, 1.807) is 0 Å². The van der Waals surface area contributed by atoms with Gasteiger partial charge in [0.1, 0.15) is 12.4 Å². The van der Waals surface area contributed by atoms with Gasteiger partial charge in [-0.3, -0.25) is 14.4 Å². The minimum atomic E-state index is -0.783. The van der Waals surface area contributed by atoms with E-state index in [0.717, 1.165) is 11.6 Å². The molecule has 2 amide bonds. The smallest absolute Gasteiger partial charge is 0.325 e. The first-order valence-corrected chi connectivity index (χ1v) is 9.40. The monoisotopic (exact) mass is 400 g/mol. The molecule has 2 aromatic carbocycles. The van der Waals surface area contributed by atoms with Crippen molar-refractivity contribution in [1.82, 2.24) is 10.6 Å². The number of esters is 1. The maximum absolute atomic E-state index is 13.5. The zero-order chi connectivity index (χ0) is 21.2. The molecule has 0 atom stereocenters. The molecule has 0 aromatic heterocycles. The number of carbonyl (C=O) groups excluding carboxylic acids is 3. The van der Waals surface area contributed by atoms with Crippen molar-refractivity contribution in [3.05, 3.63) is 71.0 Å². The molecule has 2 rings (SSSR count). The summed E-state index contributed by atoms with van der Waals surface area (Å²) in [6, 6.07) is 13.6. The highest BCUT2D eigenvalue weighted by Gasteiger charge is 2.13. The fourth-order valence-electron chi connectivity index (χ4n) is 2.56. The van der Waals surface area contributed by atoms with Crippen LogP contribution in [-0.4, -0.2) is 37.5 Å². The van der Waals surface area contributed by atoms with Gasteiger partial charge in [0, 0.05) is 6.54 Å². The molecule has 0 radical (unpaired) electrons. The van der Waals surface area contributed by atoms with Crippen molar-refractivity contribution in [3.63, 3.8) is 0 Å². The molecular formula is C22H25FN2O4. The summed E-state index contributed by atoms with van der Waals surface area (Å²) in [4.78, 5) is 35.2. The molecular weight excluding hydrogens is 375 g/mol. The Morgan fingerprint density at radius 3 is 2.34 bits per heavy atom. The Bertz CT molecular complexity index is 850. The molecule has 0 unspecified atom stereocenters. The Labute approximate surface area is 169 Å². The highest BCUT2D eigenvalue weighted by Crippen LogP contribution is 2.14. The fourth-order valence-corrected chi connectivity index (χ4v) is 2.56. The van der Waals surface area contributed by atoms with Crippen molar-refractivity contribution >= 4 is 17.8 Å². The molecule has 0 aliphatic heterocycles. The maximum atomic E-state index is 13.5. The Kier molecular flexibility index (Phi) is 8.33. The molecule has 154 valence electrons. The topological polar surface area (TPSA) is 84.5 Å². The van der Waals surface area contributed by atoms with Crippen molar-refractivity contribution in [2.45, 2.75) is 26.2 Å². The molecule has 7 heteroatoms. The molecule has 0 spiro atoms. The summed E-state index contributed by atoms with van der Waals surface area (Å²) in [7, 11) is 0. The average Bonchev–Trinajstić information content (AvgIpc) is 2.71. The second kappa shape index (κ2) is 10.9. The van der Waals surface area contributed by atoms with E-state index < -0.39 is 36.8 Å². The van der Waals surface area contributed by atoms with Crippen LogP contribution >= 0.6 is 0 Å². The van der Waals surface area contributed by atoms with Crippen molar-refractivity contribution in [3.8, 4) is 0 Å². The number of carbonyl (C=O) groups is 3. The lowest BCUT2D eigenvalue weighted by atomic mass is 10.0. The first kappa shape index (κ1) is 22.1. The van der Waals surface area contributed by atoms with Gasteiger partial charge in [-0.05, 0) is 35.6 Å². The number of amides is 2. The molecule has 0 saturated carbocycles. The third kappa shape index (κ3) is 7.37. The summed E-state index contributed by atoms with van der Waals surface area (Å²) < 4.78 is 18.3. The number of benzene rings is 2. The van der Waals surface area contributed by atoms with Crippen LogP contribution in [0.5, 0.6) is 0 Å². The number of hydrogen-bond acceptors (Lipinski definition) is 4. The van der Waals surface area contributed by atoms with Crippen molar-refractivity contribution < 1.29 is 23.5 Å². The molecule has 6 nitrogen and oxygen atoms in total. The van der Waals surface area contributed by atoms with Crippen LogP contribution in [0.4, 0.5) is 4.39 Å². The number of halogens is 1. The van der Waals surface area contributed by atoms with Crippen LogP contribution in [0.25, 0.3) is 0 Å². The number of hydrogen-bond donors (Lipinski definition) is 2. The van der Waals surface area contributed by atoms with Crippen LogP contribution in [0.2, 0.25) is 0 Å². The van der Waals surface area contributed by atoms with Crippen molar-refractivity contribution in [1.29, 1.82) is 0 Å². The largest absolute Gasteiger partial charge is 0.454 e. The summed E-state index contributed by atoms with van der Waals surface area (Å²) in [6.45, 7) is 3.77. The lowest BCUT2D eigenvalue weighted by molar-refractivity contribution is -0.147. The van der Waals surface area contributed by atoms with E-state index in [9.17, 15) is 18.8 Å². The molecule has 0 fully saturated rings. The molecule has 0 bridgehead atoms. The van der Waals surface area contributed by atoms with E-state index >= 15 is 0 Å². The summed E-state index contributed by atoms with van der Waals surface area (Å²) in [6.07, 6.45) is 0.663. The van der Waals surface area contributed by atoms with E-state index in [2.05, 4.69) is 36.6 Å². The zero-order valence-corrected chi connectivity index (χ0v) is 16.5. The van der Waals surface area contributed by atoms with Crippen molar-refractivity contribution in [2.75, 3.05) is 19.7 Å². The molecule has 0 aliphatic rings.